The first-order valence-electron chi connectivity index (χ1n) is 4.27. The van der Waals surface area contributed by atoms with Gasteiger partial charge in [-0.25, -0.2) is 8.78 Å². The molecule has 0 aromatic heterocycles. The molecule has 0 aliphatic carbocycles. The second-order valence-electron chi connectivity index (χ2n) is 3.25. The van der Waals surface area contributed by atoms with Crippen LogP contribution in [-0.2, 0) is 0 Å². The third-order valence-electron chi connectivity index (χ3n) is 2.31. The van der Waals surface area contributed by atoms with Crippen LogP contribution in [0.1, 0.15) is 18.0 Å². The van der Waals surface area contributed by atoms with Gasteiger partial charge in [0, 0.05) is 18.0 Å². The van der Waals surface area contributed by atoms with E-state index in [0.29, 0.717) is 18.6 Å². The van der Waals surface area contributed by atoms with E-state index in [-0.39, 0.29) is 11.8 Å². The van der Waals surface area contributed by atoms with E-state index < -0.39 is 17.3 Å². The Morgan fingerprint density at radius 1 is 1.43 bits per heavy atom. The van der Waals surface area contributed by atoms with E-state index in [1.54, 1.807) is 0 Å². The predicted molar refractivity (Wildman–Crippen MR) is 47.8 cm³/mol. The van der Waals surface area contributed by atoms with Crippen molar-refractivity contribution in [1.82, 2.24) is 0 Å². The number of benzene rings is 1. The van der Waals surface area contributed by atoms with Crippen LogP contribution in [0.5, 0.6) is 5.75 Å². The molecule has 0 unspecified atom stereocenters. The van der Waals surface area contributed by atoms with Crippen LogP contribution in [0.4, 0.5) is 14.5 Å². The number of fused-ring (bicyclic) bond motifs is 1. The molecule has 4 N–H and O–H groups in total. The Kier molecular flexibility index (Phi) is 2.03. The molecule has 1 aliphatic rings. The monoisotopic (exact) mass is 200 g/mol. The number of hydrogen-bond donors (Lipinski definition) is 2. The zero-order chi connectivity index (χ0) is 10.3. The van der Waals surface area contributed by atoms with Crippen molar-refractivity contribution in [2.24, 2.45) is 5.73 Å². The zero-order valence-corrected chi connectivity index (χ0v) is 7.39. The minimum absolute atomic E-state index is 0.0114. The van der Waals surface area contributed by atoms with Gasteiger partial charge in [0.1, 0.15) is 11.5 Å². The number of hydrogen-bond acceptors (Lipinski definition) is 3. The third kappa shape index (κ3) is 1.21. The Labute approximate surface area is 79.6 Å². The van der Waals surface area contributed by atoms with E-state index in [0.717, 1.165) is 6.07 Å². The number of anilines is 1. The second-order valence-corrected chi connectivity index (χ2v) is 3.25. The van der Waals surface area contributed by atoms with Gasteiger partial charge in [-0.2, -0.15) is 0 Å². The predicted octanol–water partition coefficient (Wildman–Crippen LogP) is 1.33. The smallest absolute Gasteiger partial charge is 0.191 e. The lowest BCUT2D eigenvalue weighted by molar-refractivity contribution is 0.255. The Balaban J connectivity index is 2.63. The summed E-state index contributed by atoms with van der Waals surface area (Å²) in [6.07, 6.45) is 0.551. The van der Waals surface area contributed by atoms with E-state index in [2.05, 4.69) is 0 Å². The maximum Gasteiger partial charge on any atom is 0.191 e. The van der Waals surface area contributed by atoms with Crippen LogP contribution in [0, 0.1) is 11.6 Å². The van der Waals surface area contributed by atoms with E-state index in [1.165, 1.54) is 0 Å². The Morgan fingerprint density at radius 3 is 2.86 bits per heavy atom. The lowest BCUT2D eigenvalue weighted by Crippen LogP contribution is -2.22. The summed E-state index contributed by atoms with van der Waals surface area (Å²) in [6.45, 7) is 0.330. The summed E-state index contributed by atoms with van der Waals surface area (Å²) in [7, 11) is 0. The molecule has 0 saturated heterocycles. The molecule has 14 heavy (non-hydrogen) atoms. The normalized spacial score (nSPS) is 20.1. The van der Waals surface area contributed by atoms with Crippen LogP contribution in [0.15, 0.2) is 6.07 Å². The van der Waals surface area contributed by atoms with Gasteiger partial charge in [-0.3, -0.25) is 0 Å². The molecule has 76 valence electrons. The van der Waals surface area contributed by atoms with Crippen molar-refractivity contribution in [1.29, 1.82) is 0 Å². The highest BCUT2D eigenvalue weighted by molar-refractivity contribution is 5.53. The Bertz CT molecular complexity index is 382. The van der Waals surface area contributed by atoms with Gasteiger partial charge in [0.25, 0.3) is 0 Å². The summed E-state index contributed by atoms with van der Waals surface area (Å²) in [6, 6.07) is 0.751. The van der Waals surface area contributed by atoms with E-state index in [9.17, 15) is 8.78 Å². The van der Waals surface area contributed by atoms with Crippen molar-refractivity contribution in [3.63, 3.8) is 0 Å². The molecule has 1 heterocycles. The fraction of sp³-hybridized carbons (Fsp3) is 0.333. The number of halogens is 2. The zero-order valence-electron chi connectivity index (χ0n) is 7.39. The van der Waals surface area contributed by atoms with Crippen LogP contribution in [0.3, 0.4) is 0 Å². The van der Waals surface area contributed by atoms with Crippen molar-refractivity contribution < 1.29 is 13.5 Å². The van der Waals surface area contributed by atoms with Crippen molar-refractivity contribution in [3.05, 3.63) is 23.3 Å². The SMILES string of the molecule is Nc1c(F)cc2c(c1F)OCC[C@H]2N. The van der Waals surface area contributed by atoms with Crippen LogP contribution in [-0.4, -0.2) is 6.61 Å². The van der Waals surface area contributed by atoms with Gasteiger partial charge in [-0.15, -0.1) is 0 Å². The standard InChI is InChI=1S/C9H10F2N2O/c10-5-3-4-6(12)1-2-14-9(4)7(11)8(5)13/h3,6H,1-2,12-13H2/t6-/m1/s1. The molecule has 1 aromatic carbocycles. The lowest BCUT2D eigenvalue weighted by Gasteiger charge is -2.23. The third-order valence-corrected chi connectivity index (χ3v) is 2.31. The average molecular weight is 200 g/mol. The van der Waals surface area contributed by atoms with Crippen molar-refractivity contribution in [2.45, 2.75) is 12.5 Å². The first-order valence-corrected chi connectivity index (χ1v) is 4.27. The van der Waals surface area contributed by atoms with Gasteiger partial charge < -0.3 is 16.2 Å². The molecule has 0 radical (unpaired) electrons. The molecule has 0 bridgehead atoms. The van der Waals surface area contributed by atoms with Crippen LogP contribution in [0.25, 0.3) is 0 Å². The van der Waals surface area contributed by atoms with Gasteiger partial charge >= 0.3 is 0 Å². The maximum absolute atomic E-state index is 13.4. The molecule has 1 atom stereocenters. The molecule has 0 amide bonds. The average Bonchev–Trinajstić information content (AvgIpc) is 2.17. The summed E-state index contributed by atoms with van der Waals surface area (Å²) in [4.78, 5) is 0. The number of nitrogens with two attached hydrogens (primary N) is 2. The summed E-state index contributed by atoms with van der Waals surface area (Å²) < 4.78 is 31.5. The fourth-order valence-corrected chi connectivity index (χ4v) is 1.50. The summed E-state index contributed by atoms with van der Waals surface area (Å²) in [5, 5.41) is 0. The highest BCUT2D eigenvalue weighted by atomic mass is 19.1. The maximum atomic E-state index is 13.4. The minimum atomic E-state index is -0.852. The van der Waals surface area contributed by atoms with E-state index in [1.807, 2.05) is 0 Å². The first kappa shape index (κ1) is 9.21. The van der Waals surface area contributed by atoms with Crippen molar-refractivity contribution in [3.8, 4) is 5.75 Å². The molecule has 5 heteroatoms. The summed E-state index contributed by atoms with van der Waals surface area (Å²) >= 11 is 0. The van der Waals surface area contributed by atoms with Crippen LogP contribution < -0.4 is 16.2 Å². The molecule has 3 nitrogen and oxygen atoms in total. The molecule has 1 aromatic rings. The lowest BCUT2D eigenvalue weighted by atomic mass is 10.0. The van der Waals surface area contributed by atoms with E-state index in [4.69, 9.17) is 16.2 Å². The number of rotatable bonds is 0. The van der Waals surface area contributed by atoms with Crippen LogP contribution in [0.2, 0.25) is 0 Å². The van der Waals surface area contributed by atoms with Crippen molar-refractivity contribution >= 4 is 5.69 Å². The van der Waals surface area contributed by atoms with Gasteiger partial charge in [0.2, 0.25) is 0 Å². The molecule has 1 aliphatic heterocycles. The molecule has 0 spiro atoms. The molecule has 2 rings (SSSR count). The highest BCUT2D eigenvalue weighted by Crippen LogP contribution is 2.36. The van der Waals surface area contributed by atoms with Gasteiger partial charge in [0.05, 0.1) is 6.61 Å². The number of ether oxygens (including phenoxy) is 1. The quantitative estimate of drug-likeness (QED) is 0.621. The van der Waals surface area contributed by atoms with Gasteiger partial charge in [-0.1, -0.05) is 0 Å². The summed E-state index contributed by atoms with van der Waals surface area (Å²) in [5.41, 5.74) is 10.7. The highest BCUT2D eigenvalue weighted by Gasteiger charge is 2.25. The summed E-state index contributed by atoms with van der Waals surface area (Å²) in [5.74, 6) is -1.65. The Morgan fingerprint density at radius 2 is 2.14 bits per heavy atom. The fourth-order valence-electron chi connectivity index (χ4n) is 1.50. The van der Waals surface area contributed by atoms with Gasteiger partial charge in [-0.05, 0) is 6.07 Å². The minimum Gasteiger partial charge on any atom is -0.490 e. The van der Waals surface area contributed by atoms with Crippen LogP contribution >= 0.6 is 0 Å². The molecular formula is C9H10F2N2O. The van der Waals surface area contributed by atoms with Gasteiger partial charge in [0.15, 0.2) is 11.6 Å². The topological polar surface area (TPSA) is 61.3 Å². The Hall–Kier alpha value is -1.36. The first-order chi connectivity index (χ1) is 6.61. The molecular weight excluding hydrogens is 190 g/mol. The molecule has 0 saturated carbocycles. The largest absolute Gasteiger partial charge is 0.490 e. The van der Waals surface area contributed by atoms with Crippen molar-refractivity contribution in [2.75, 3.05) is 12.3 Å². The van der Waals surface area contributed by atoms with E-state index >= 15 is 0 Å². The second kappa shape index (κ2) is 3.09. The number of nitrogen functional groups attached to an aromatic ring is 1. The molecule has 0 fully saturated rings.